The van der Waals surface area contributed by atoms with Crippen LogP contribution in [0.2, 0.25) is 0 Å². The van der Waals surface area contributed by atoms with Crippen LogP contribution in [0, 0.1) is 13.8 Å². The summed E-state index contributed by atoms with van der Waals surface area (Å²) in [4.78, 5) is 13.2. The summed E-state index contributed by atoms with van der Waals surface area (Å²) in [6.07, 6.45) is -1.16. The van der Waals surface area contributed by atoms with Crippen LogP contribution in [0.5, 0.6) is 17.2 Å². The molecule has 7 aromatic rings. The number of rotatable bonds is 23. The van der Waals surface area contributed by atoms with Gasteiger partial charge in [-0.15, -0.1) is 15.3 Å². The number of phenols is 1. The van der Waals surface area contributed by atoms with Gasteiger partial charge in [-0.2, -0.15) is 39.0 Å². The van der Waals surface area contributed by atoms with E-state index >= 15 is 0 Å². The summed E-state index contributed by atoms with van der Waals surface area (Å²) < 4.78 is 55.1. The van der Waals surface area contributed by atoms with Gasteiger partial charge >= 0.3 is 56.6 Å². The average Bonchev–Trinajstić information content (AvgIpc) is 3.38. The second kappa shape index (κ2) is 29.7. The Morgan fingerprint density at radius 2 is 1.22 bits per heavy atom. The Kier molecular flexibility index (Phi) is 24.5. The Bertz CT molecular complexity index is 3320. The molecule has 0 aliphatic rings. The molecule has 0 spiro atoms. The molecule has 1 aromatic heterocycles. The number of benzene rings is 6. The van der Waals surface area contributed by atoms with E-state index in [0.29, 0.717) is 67.5 Å². The molecule has 6 aromatic carbocycles. The van der Waals surface area contributed by atoms with Gasteiger partial charge in [0.15, 0.2) is 5.75 Å². The van der Waals surface area contributed by atoms with Gasteiger partial charge in [-0.25, -0.2) is 8.42 Å². The van der Waals surface area contributed by atoms with E-state index in [0.717, 1.165) is 29.7 Å². The zero-order valence-electron chi connectivity index (χ0n) is 41.3. The molecule has 6 N–H and O–H groups in total. The summed E-state index contributed by atoms with van der Waals surface area (Å²) >= 11 is 1.21. The summed E-state index contributed by atoms with van der Waals surface area (Å²) in [7, 11) is -1.87. The molecule has 32 heteroatoms. The number of nitrogens with one attached hydrogen (secondary N) is 3. The molecule has 0 amide bonds. The molecule has 26 nitrogen and oxygen atoms in total. The number of nitrogens with zero attached hydrogens (tertiary/aromatic N) is 9. The van der Waals surface area contributed by atoms with E-state index in [9.17, 15) is 38.8 Å². The van der Waals surface area contributed by atoms with Crippen molar-refractivity contribution in [3.05, 3.63) is 108 Å². The molecule has 380 valence electrons. The van der Waals surface area contributed by atoms with Crippen LogP contribution >= 0.6 is 24.1 Å². The molecule has 0 saturated heterocycles. The van der Waals surface area contributed by atoms with Gasteiger partial charge in [-0.3, -0.25) is 10.1 Å². The van der Waals surface area contributed by atoms with Crippen molar-refractivity contribution in [2.45, 2.75) is 34.6 Å². The average molecular weight is 1080 g/mol. The van der Waals surface area contributed by atoms with Crippen LogP contribution in [0.1, 0.15) is 11.1 Å². The minimum Gasteiger partial charge on any atom is -0.744 e. The van der Waals surface area contributed by atoms with Gasteiger partial charge in [-0.1, -0.05) is 6.07 Å². The van der Waals surface area contributed by atoms with Crippen LogP contribution < -0.4 is 92.5 Å². The topological polar surface area (TPSA) is 368 Å². The van der Waals surface area contributed by atoms with Gasteiger partial charge in [0, 0.05) is 40.3 Å². The third kappa shape index (κ3) is 16.9. The fourth-order valence-electron chi connectivity index (χ4n) is 6.44. The summed E-state index contributed by atoms with van der Waals surface area (Å²) in [6.45, 7) is 2.89. The number of aromatic hydroxyl groups is 1. The van der Waals surface area contributed by atoms with Crippen LogP contribution in [-0.2, 0) is 28.9 Å². The van der Waals surface area contributed by atoms with Crippen molar-refractivity contribution in [2.75, 3.05) is 43.3 Å². The van der Waals surface area contributed by atoms with Crippen LogP contribution in [0.15, 0.2) is 142 Å². The van der Waals surface area contributed by atoms with Crippen LogP contribution in [0.25, 0.3) is 10.8 Å². The Morgan fingerprint density at radius 3 is 1.80 bits per heavy atom. The maximum atomic E-state index is 11.6. The molecule has 0 fully saturated rings. The Morgan fingerprint density at radius 1 is 0.671 bits per heavy atom. The van der Waals surface area contributed by atoms with Crippen LogP contribution in [0.4, 0.5) is 63.3 Å². The van der Waals surface area contributed by atoms with Gasteiger partial charge in [0.1, 0.15) is 38.7 Å². The van der Waals surface area contributed by atoms with E-state index in [2.05, 4.69) is 80.3 Å². The van der Waals surface area contributed by atoms with Crippen LogP contribution in [0.3, 0.4) is 0 Å². The van der Waals surface area contributed by atoms with E-state index in [-0.39, 0.29) is 114 Å². The number of hydrogen-bond acceptors (Lipinski definition) is 28. The fraction of sp³-hybridized carbons (Fsp3) is 0.159. The van der Waals surface area contributed by atoms with E-state index < -0.39 is 27.7 Å². The molecular weight excluding hydrogens is 1040 g/mol. The zero-order chi connectivity index (χ0) is 52.1. The van der Waals surface area contributed by atoms with Crippen molar-refractivity contribution < 1.29 is 124 Å². The van der Waals surface area contributed by atoms with Crippen molar-refractivity contribution in [1.82, 2.24) is 15.0 Å². The maximum absolute atomic E-state index is 11.6. The minimum atomic E-state index is -4.78. The van der Waals surface area contributed by atoms with E-state index in [1.807, 2.05) is 6.92 Å². The van der Waals surface area contributed by atoms with Crippen LogP contribution in [-0.4, -0.2) is 76.7 Å². The normalized spacial score (nSPS) is 11.8. The monoisotopic (exact) mass is 1080 g/mol. The van der Waals surface area contributed by atoms with Crippen molar-refractivity contribution in [1.29, 1.82) is 0 Å². The molecule has 0 aliphatic carbocycles. The van der Waals surface area contributed by atoms with Gasteiger partial charge in [0.25, 0.3) is 0 Å². The van der Waals surface area contributed by atoms with E-state index in [1.165, 1.54) is 26.4 Å². The Labute approximate surface area is 477 Å². The molecule has 0 aliphatic heterocycles. The fourth-order valence-corrected chi connectivity index (χ4v) is 7.80. The first-order valence-corrected chi connectivity index (χ1v) is 23.7. The second-order valence-corrected chi connectivity index (χ2v) is 17.8. The molecule has 0 bridgehead atoms. The first-order valence-electron chi connectivity index (χ1n) is 20.9. The molecule has 7 rings (SSSR count). The number of aromatic nitrogens is 3. The number of hydrogen-bond donors (Lipinski definition) is 6. The third-order valence-electron chi connectivity index (χ3n) is 9.97. The third-order valence-corrected chi connectivity index (χ3v) is 12.0. The number of azo groups is 3. The van der Waals surface area contributed by atoms with E-state index in [4.69, 9.17) is 9.47 Å². The van der Waals surface area contributed by atoms with Gasteiger partial charge in [0.05, 0.1) is 77.9 Å². The van der Waals surface area contributed by atoms with Gasteiger partial charge in [0.2, 0.25) is 17.8 Å². The summed E-state index contributed by atoms with van der Waals surface area (Å²) in [6, 6.07) is 24.7. The molecule has 1 heterocycles. The number of methoxy groups -OCH3 is 2. The second-order valence-electron chi connectivity index (χ2n) is 14.9. The first kappa shape index (κ1) is 62.8. The smallest absolute Gasteiger partial charge is 0.744 e. The number of phenolic OH excluding ortho intramolecular Hbond substituents is 1. The number of anilines is 5. The van der Waals surface area contributed by atoms with Crippen molar-refractivity contribution >= 4 is 108 Å². The quantitative estimate of drug-likeness (QED) is 0.0114. The SMILES string of the molecule is COc1cc(N=Nc2ccc(SOO[O-])cc2)c(C)cc1N=Nc1cc(OC)c(N=Nc2c(SOO[O-])cc3cc(Nc4nc(NCC(O)CO)nc(Nc5cccc(S(=O)(=O)[O-])c5)n4)ccc3c2O)cc1C.[Li+].[Li+].[Li+]. The molecule has 1 unspecified atom stereocenters. The number of ether oxygens (including phenoxy) is 2. The largest absolute Gasteiger partial charge is 1.00 e. The summed E-state index contributed by atoms with van der Waals surface area (Å²) in [5.74, 6) is 0.0467. The summed E-state index contributed by atoms with van der Waals surface area (Å²) in [5, 5.41) is 94.4. The molecule has 0 radical (unpaired) electrons. The minimum absolute atomic E-state index is 0. The standard InChI is InChI=1S/C44H42N12O14S3.3Li/c1-23-14-35(37(65-3)19-33(23)52-51-26-8-11-30(12-9-26)71-69-67-60)54-53-34-20-38(66-4)36(15-24(34)2)55-56-40-39(72-70-68-61)17-25-16-28(10-13-32(25)41(40)59)47-44-49-42(45-21-29(58)22-57)48-43(50-44)46-27-6-5-7-31(18-27)73(62,63)64;;;/h5-20,29,57-61H,21-22H2,1-4H3,(H,62,63,64)(H3,45,46,47,48,49,50);;;/q;3*+1/p-3. The Hall–Kier alpha value is -5.73. The molecule has 76 heavy (non-hydrogen) atoms. The Balaban J connectivity index is 0.00000416. The molecule has 0 saturated carbocycles. The molecular formula is C44H39Li3N12O14S3. The van der Waals surface area contributed by atoms with Crippen molar-refractivity contribution in [2.24, 2.45) is 30.7 Å². The predicted molar refractivity (Wildman–Crippen MR) is 258 cm³/mol. The number of aliphatic hydroxyl groups excluding tert-OH is 2. The maximum Gasteiger partial charge on any atom is 1.00 e. The zero-order valence-corrected chi connectivity index (χ0v) is 43.8. The first-order chi connectivity index (χ1) is 35.2. The number of fused-ring (bicyclic) bond motifs is 1. The number of aliphatic hydroxyl groups is 2. The van der Waals surface area contributed by atoms with Gasteiger partial charge in [-0.05, 0) is 109 Å². The number of aryl methyl sites for hydroxylation is 2. The van der Waals surface area contributed by atoms with Crippen molar-refractivity contribution in [3.8, 4) is 17.2 Å². The predicted octanol–water partition coefficient (Wildman–Crippen LogP) is -0.760. The van der Waals surface area contributed by atoms with Crippen molar-refractivity contribution in [3.63, 3.8) is 0 Å². The van der Waals surface area contributed by atoms with E-state index in [1.54, 1.807) is 79.7 Å². The van der Waals surface area contributed by atoms with Gasteiger partial charge < -0.3 is 55.8 Å². The summed E-state index contributed by atoms with van der Waals surface area (Å²) in [5.41, 5.74) is 3.91. The molecule has 1 atom stereocenters.